The van der Waals surface area contributed by atoms with Crippen LogP contribution in [0.25, 0.3) is 6.08 Å². The number of rotatable bonds is 7. The van der Waals surface area contributed by atoms with Crippen LogP contribution in [0.3, 0.4) is 0 Å². The molecule has 144 valence electrons. The van der Waals surface area contributed by atoms with Crippen molar-refractivity contribution in [1.29, 1.82) is 0 Å². The molecule has 0 aliphatic carbocycles. The number of hydrogen-bond acceptors (Lipinski definition) is 7. The largest absolute Gasteiger partial charge is 0.465 e. The summed E-state index contributed by atoms with van der Waals surface area (Å²) in [5.74, 6) is -2.14. The summed E-state index contributed by atoms with van der Waals surface area (Å²) >= 11 is 0. The Morgan fingerprint density at radius 3 is 2.50 bits per heavy atom. The van der Waals surface area contributed by atoms with Gasteiger partial charge in [0.05, 0.1) is 28.8 Å². The molecule has 0 aliphatic heterocycles. The van der Waals surface area contributed by atoms with Gasteiger partial charge in [-0.1, -0.05) is 24.3 Å². The number of amides is 1. The molecule has 1 N–H and O–H groups in total. The summed E-state index contributed by atoms with van der Waals surface area (Å²) in [6, 6.07) is 12.1. The number of benzene rings is 2. The van der Waals surface area contributed by atoms with Crippen molar-refractivity contribution in [3.05, 3.63) is 75.8 Å². The minimum absolute atomic E-state index is 0.154. The molecule has 0 fully saturated rings. The van der Waals surface area contributed by atoms with Crippen LogP contribution in [0, 0.1) is 10.1 Å². The summed E-state index contributed by atoms with van der Waals surface area (Å²) in [6.45, 7) is -0.602. The van der Waals surface area contributed by atoms with Gasteiger partial charge in [-0.2, -0.15) is 0 Å². The molecule has 0 saturated heterocycles. The van der Waals surface area contributed by atoms with Gasteiger partial charge in [-0.3, -0.25) is 14.9 Å². The molecule has 9 heteroatoms. The normalized spacial score (nSPS) is 10.3. The minimum Gasteiger partial charge on any atom is -0.465 e. The van der Waals surface area contributed by atoms with Crippen LogP contribution in [0.1, 0.15) is 15.9 Å². The second kappa shape index (κ2) is 9.62. The van der Waals surface area contributed by atoms with Gasteiger partial charge < -0.3 is 14.8 Å². The van der Waals surface area contributed by atoms with E-state index in [9.17, 15) is 24.5 Å². The number of nitro benzene ring substituents is 1. The summed E-state index contributed by atoms with van der Waals surface area (Å²) < 4.78 is 9.43. The van der Waals surface area contributed by atoms with E-state index in [4.69, 9.17) is 4.74 Å². The van der Waals surface area contributed by atoms with E-state index in [0.29, 0.717) is 0 Å². The highest BCUT2D eigenvalue weighted by atomic mass is 16.6. The smallest absolute Gasteiger partial charge is 0.339 e. The van der Waals surface area contributed by atoms with Crippen molar-refractivity contribution in [2.75, 3.05) is 19.0 Å². The minimum atomic E-state index is -0.852. The predicted molar refractivity (Wildman–Crippen MR) is 99.5 cm³/mol. The molecule has 0 unspecified atom stereocenters. The molecule has 0 aromatic heterocycles. The van der Waals surface area contributed by atoms with Crippen LogP contribution in [-0.2, 0) is 19.1 Å². The Bertz CT molecular complexity index is 937. The lowest BCUT2D eigenvalue weighted by atomic mass is 10.1. The molecule has 2 rings (SSSR count). The molecule has 0 spiro atoms. The maximum Gasteiger partial charge on any atom is 0.339 e. The molecule has 2 aromatic rings. The van der Waals surface area contributed by atoms with E-state index in [-0.39, 0.29) is 22.5 Å². The first kappa shape index (κ1) is 20.3. The molecule has 28 heavy (non-hydrogen) atoms. The lowest BCUT2D eigenvalue weighted by molar-refractivity contribution is -0.385. The van der Waals surface area contributed by atoms with Crippen molar-refractivity contribution in [2.45, 2.75) is 0 Å². The van der Waals surface area contributed by atoms with Crippen molar-refractivity contribution < 1.29 is 28.8 Å². The predicted octanol–water partition coefficient (Wildman–Crippen LogP) is 2.58. The fraction of sp³-hybridized carbons (Fsp3) is 0.105. The highest BCUT2D eigenvalue weighted by Gasteiger charge is 2.14. The number of carbonyl (C=O) groups excluding carboxylic acids is 3. The van der Waals surface area contributed by atoms with Gasteiger partial charge in [0.2, 0.25) is 0 Å². The lowest BCUT2D eigenvalue weighted by Gasteiger charge is -2.09. The Kier molecular flexibility index (Phi) is 6.98. The monoisotopic (exact) mass is 384 g/mol. The molecular formula is C19H16N2O7. The number of ether oxygens (including phenoxy) is 2. The number of nitro groups is 1. The van der Waals surface area contributed by atoms with Crippen LogP contribution in [0.4, 0.5) is 11.4 Å². The van der Waals surface area contributed by atoms with Crippen LogP contribution in [0.5, 0.6) is 0 Å². The molecule has 0 radical (unpaired) electrons. The van der Waals surface area contributed by atoms with E-state index in [2.05, 4.69) is 10.1 Å². The van der Waals surface area contributed by atoms with E-state index in [1.807, 2.05) is 0 Å². The Morgan fingerprint density at radius 2 is 1.79 bits per heavy atom. The molecule has 0 atom stereocenters. The van der Waals surface area contributed by atoms with Crippen molar-refractivity contribution in [2.24, 2.45) is 0 Å². The van der Waals surface area contributed by atoms with Gasteiger partial charge in [0.1, 0.15) is 0 Å². The number of esters is 2. The first-order chi connectivity index (χ1) is 13.4. The Morgan fingerprint density at radius 1 is 1.11 bits per heavy atom. The molecule has 0 aliphatic rings. The Balaban J connectivity index is 1.94. The number of nitrogens with zero attached hydrogens (tertiary/aromatic N) is 1. The third-order valence-corrected chi connectivity index (χ3v) is 3.48. The van der Waals surface area contributed by atoms with Gasteiger partial charge in [-0.25, -0.2) is 9.59 Å². The summed E-state index contributed by atoms with van der Waals surface area (Å²) in [5.41, 5.74) is 0.427. The summed E-state index contributed by atoms with van der Waals surface area (Å²) in [6.07, 6.45) is 2.21. The van der Waals surface area contributed by atoms with Gasteiger partial charge in [0.15, 0.2) is 6.61 Å². The van der Waals surface area contributed by atoms with E-state index in [0.717, 1.165) is 6.08 Å². The fourth-order valence-corrected chi connectivity index (χ4v) is 2.20. The average Bonchev–Trinajstić information content (AvgIpc) is 2.70. The molecule has 0 heterocycles. The number of anilines is 1. The van der Waals surface area contributed by atoms with Crippen LogP contribution >= 0.6 is 0 Å². The third-order valence-electron chi connectivity index (χ3n) is 3.48. The van der Waals surface area contributed by atoms with Crippen molar-refractivity contribution in [3.8, 4) is 0 Å². The quantitative estimate of drug-likeness (QED) is 0.337. The first-order valence-corrected chi connectivity index (χ1v) is 7.98. The third kappa shape index (κ3) is 5.49. The van der Waals surface area contributed by atoms with Crippen LogP contribution in [0.2, 0.25) is 0 Å². The maximum atomic E-state index is 11.9. The van der Waals surface area contributed by atoms with Gasteiger partial charge >= 0.3 is 11.9 Å². The molecule has 9 nitrogen and oxygen atoms in total. The SMILES string of the molecule is COC(=O)c1ccccc1NC(=O)COC(=O)/C=C/c1ccccc1[N+](=O)[O-]. The van der Waals surface area contributed by atoms with E-state index in [1.165, 1.54) is 43.5 Å². The average molecular weight is 384 g/mol. The fourth-order valence-electron chi connectivity index (χ4n) is 2.20. The van der Waals surface area contributed by atoms with Gasteiger partial charge in [0.25, 0.3) is 11.6 Å². The van der Waals surface area contributed by atoms with Gasteiger partial charge in [0, 0.05) is 12.1 Å². The van der Waals surface area contributed by atoms with Gasteiger partial charge in [-0.15, -0.1) is 0 Å². The first-order valence-electron chi connectivity index (χ1n) is 7.98. The highest BCUT2D eigenvalue weighted by Crippen LogP contribution is 2.19. The van der Waals surface area contributed by atoms with E-state index >= 15 is 0 Å². The second-order valence-electron chi connectivity index (χ2n) is 5.34. The van der Waals surface area contributed by atoms with Crippen LogP contribution in [0.15, 0.2) is 54.6 Å². The number of nitrogens with one attached hydrogen (secondary N) is 1. The zero-order valence-electron chi connectivity index (χ0n) is 14.8. The number of hydrogen-bond donors (Lipinski definition) is 1. The highest BCUT2D eigenvalue weighted by molar-refractivity contribution is 6.02. The number of methoxy groups -OCH3 is 1. The molecule has 1 amide bonds. The molecule has 0 bridgehead atoms. The van der Waals surface area contributed by atoms with Crippen molar-refractivity contribution in [3.63, 3.8) is 0 Å². The molecule has 2 aromatic carbocycles. The van der Waals surface area contributed by atoms with Crippen LogP contribution < -0.4 is 5.32 Å². The van der Waals surface area contributed by atoms with E-state index < -0.39 is 29.4 Å². The van der Waals surface area contributed by atoms with Crippen molar-refractivity contribution in [1.82, 2.24) is 0 Å². The maximum absolute atomic E-state index is 11.9. The zero-order chi connectivity index (χ0) is 20.5. The summed E-state index contributed by atoms with van der Waals surface area (Å²) in [7, 11) is 1.21. The Hall–Kier alpha value is -4.01. The zero-order valence-corrected chi connectivity index (χ0v) is 14.8. The van der Waals surface area contributed by atoms with Gasteiger partial charge in [-0.05, 0) is 24.3 Å². The topological polar surface area (TPSA) is 125 Å². The summed E-state index contributed by atoms with van der Waals surface area (Å²) in [4.78, 5) is 45.7. The molecular weight excluding hydrogens is 368 g/mol. The summed E-state index contributed by atoms with van der Waals surface area (Å²) in [5, 5.41) is 13.4. The lowest BCUT2D eigenvalue weighted by Crippen LogP contribution is -2.21. The Labute approximate surface area is 159 Å². The number of carbonyl (C=O) groups is 3. The standard InChI is InChI=1S/C19H16N2O7/c1-27-19(24)14-7-3-4-8-15(14)20-17(22)12-28-18(23)11-10-13-6-2-5-9-16(13)21(25)26/h2-11H,12H2,1H3,(H,20,22)/b11-10+. The number of para-hydroxylation sites is 2. The second-order valence-corrected chi connectivity index (χ2v) is 5.34. The van der Waals surface area contributed by atoms with Crippen LogP contribution in [-0.4, -0.2) is 36.5 Å². The van der Waals surface area contributed by atoms with Crippen molar-refractivity contribution >= 4 is 35.3 Å². The van der Waals surface area contributed by atoms with E-state index in [1.54, 1.807) is 18.2 Å². The molecule has 0 saturated carbocycles.